The second-order valence-corrected chi connectivity index (χ2v) is 8.11. The molecule has 3 aromatic rings. The van der Waals surface area contributed by atoms with E-state index in [0.29, 0.717) is 5.02 Å². The largest absolute Gasteiger partial charge is 0.142 e. The zero-order valence-electron chi connectivity index (χ0n) is 10.0. The average Bonchev–Trinajstić information content (AvgIpc) is 2.86. The highest BCUT2D eigenvalue weighted by Gasteiger charge is 2.18. The number of thiophene rings is 1. The zero-order valence-corrected chi connectivity index (χ0v) is 16.1. The van der Waals surface area contributed by atoms with Crippen molar-refractivity contribution in [3.05, 3.63) is 66.0 Å². The monoisotopic (exact) mass is 496 g/mol. The molecule has 1 atom stereocenters. The van der Waals surface area contributed by atoms with Gasteiger partial charge in [0.15, 0.2) is 0 Å². The number of rotatable bonds is 2. The summed E-state index contributed by atoms with van der Waals surface area (Å²) in [6, 6.07) is 12.0. The third kappa shape index (κ3) is 2.75. The van der Waals surface area contributed by atoms with E-state index >= 15 is 0 Å². The van der Waals surface area contributed by atoms with E-state index in [2.05, 4.69) is 56.0 Å². The molecule has 0 radical (unpaired) electrons. The van der Waals surface area contributed by atoms with Crippen molar-refractivity contribution >= 4 is 83.1 Å². The van der Waals surface area contributed by atoms with Crippen LogP contribution in [-0.4, -0.2) is 0 Å². The van der Waals surface area contributed by atoms with Gasteiger partial charge in [0.2, 0.25) is 0 Å². The van der Waals surface area contributed by atoms with Crippen LogP contribution >= 0.6 is 73.1 Å². The van der Waals surface area contributed by atoms with Gasteiger partial charge in [-0.1, -0.05) is 23.7 Å². The Labute approximate surface area is 153 Å². The molecule has 0 fully saturated rings. The van der Waals surface area contributed by atoms with E-state index in [4.69, 9.17) is 23.2 Å². The Morgan fingerprint density at radius 1 is 1.15 bits per heavy atom. The van der Waals surface area contributed by atoms with Crippen LogP contribution in [0.1, 0.15) is 16.5 Å². The molecule has 1 aromatic heterocycles. The first-order valence-electron chi connectivity index (χ1n) is 5.82. The molecule has 0 N–H and O–H groups in total. The summed E-state index contributed by atoms with van der Waals surface area (Å²) in [5.41, 5.74) is 2.19. The van der Waals surface area contributed by atoms with Crippen molar-refractivity contribution in [2.45, 2.75) is 5.38 Å². The van der Waals surface area contributed by atoms with Crippen LogP contribution in [0.5, 0.6) is 0 Å². The summed E-state index contributed by atoms with van der Waals surface area (Å²) in [5, 5.41) is 3.85. The number of hydrogen-bond acceptors (Lipinski definition) is 1. The fourth-order valence-electron chi connectivity index (χ4n) is 2.11. The molecule has 3 rings (SSSR count). The van der Waals surface area contributed by atoms with Gasteiger partial charge < -0.3 is 0 Å². The number of halogens is 4. The van der Waals surface area contributed by atoms with Gasteiger partial charge in [0.05, 0.1) is 5.38 Å². The minimum atomic E-state index is -0.191. The Balaban J connectivity index is 2.15. The molecule has 0 aliphatic carbocycles. The fourth-order valence-corrected chi connectivity index (χ4v) is 5.21. The van der Waals surface area contributed by atoms with Crippen molar-refractivity contribution in [2.24, 2.45) is 0 Å². The van der Waals surface area contributed by atoms with E-state index in [1.54, 1.807) is 11.3 Å². The molecule has 0 aliphatic heterocycles. The minimum absolute atomic E-state index is 0.191. The number of hydrogen-bond donors (Lipinski definition) is 0. The van der Waals surface area contributed by atoms with E-state index in [9.17, 15) is 0 Å². The lowest BCUT2D eigenvalue weighted by atomic mass is 10.0. The average molecular weight is 498 g/mol. The summed E-state index contributed by atoms with van der Waals surface area (Å²) in [7, 11) is 0. The van der Waals surface area contributed by atoms with Crippen LogP contribution in [0.4, 0.5) is 0 Å². The number of alkyl halides is 1. The predicted molar refractivity (Wildman–Crippen MR) is 101 cm³/mol. The molecule has 20 heavy (non-hydrogen) atoms. The first-order chi connectivity index (χ1) is 9.58. The molecule has 0 amide bonds. The van der Waals surface area contributed by atoms with Crippen LogP contribution in [0.25, 0.3) is 10.1 Å². The summed E-state index contributed by atoms with van der Waals surface area (Å²) >= 11 is 20.4. The quantitative estimate of drug-likeness (QED) is 0.258. The maximum atomic E-state index is 6.71. The second-order valence-electron chi connectivity index (χ2n) is 4.34. The summed E-state index contributed by atoms with van der Waals surface area (Å²) in [6.45, 7) is 0. The standard InChI is InChI=1S/C15H8BrCl2IS/c16-12-3-1-2-9-11(7-20-15(9)12)14(18)10-6-8(17)4-5-13(10)19/h1-7,14H. The van der Waals surface area contributed by atoms with Crippen LogP contribution in [0.15, 0.2) is 46.3 Å². The van der Waals surface area contributed by atoms with Gasteiger partial charge in [-0.3, -0.25) is 0 Å². The molecule has 0 saturated heterocycles. The summed E-state index contributed by atoms with van der Waals surface area (Å²) in [5.74, 6) is 0. The molecule has 1 unspecified atom stereocenters. The summed E-state index contributed by atoms with van der Waals surface area (Å²) < 4.78 is 3.46. The first-order valence-corrected chi connectivity index (χ1v) is 9.39. The molecule has 0 bridgehead atoms. The third-order valence-electron chi connectivity index (χ3n) is 3.09. The summed E-state index contributed by atoms with van der Waals surface area (Å²) in [4.78, 5) is 0. The molecule has 1 heterocycles. The maximum absolute atomic E-state index is 6.71. The van der Waals surface area contributed by atoms with E-state index in [1.165, 1.54) is 10.1 Å². The molecule has 0 spiro atoms. The van der Waals surface area contributed by atoms with Crippen LogP contribution < -0.4 is 0 Å². The lowest BCUT2D eigenvalue weighted by Gasteiger charge is -2.12. The van der Waals surface area contributed by atoms with Crippen molar-refractivity contribution in [1.82, 2.24) is 0 Å². The van der Waals surface area contributed by atoms with Gasteiger partial charge in [-0.05, 0) is 84.7 Å². The Bertz CT molecular complexity index is 785. The van der Waals surface area contributed by atoms with Gasteiger partial charge in [-0.25, -0.2) is 0 Å². The predicted octanol–water partition coefficient (Wildman–Crippen LogP) is 7.25. The van der Waals surface area contributed by atoms with Gasteiger partial charge in [0.25, 0.3) is 0 Å². The van der Waals surface area contributed by atoms with Crippen molar-refractivity contribution in [2.75, 3.05) is 0 Å². The number of benzene rings is 2. The zero-order chi connectivity index (χ0) is 14.3. The summed E-state index contributed by atoms with van der Waals surface area (Å²) in [6.07, 6.45) is 0. The van der Waals surface area contributed by atoms with Gasteiger partial charge in [0.1, 0.15) is 0 Å². The van der Waals surface area contributed by atoms with Crippen LogP contribution in [-0.2, 0) is 0 Å². The molecule has 5 heteroatoms. The van der Waals surface area contributed by atoms with Crippen molar-refractivity contribution in [3.63, 3.8) is 0 Å². The fraction of sp³-hybridized carbons (Fsp3) is 0.0667. The van der Waals surface area contributed by atoms with Crippen molar-refractivity contribution in [3.8, 4) is 0 Å². The minimum Gasteiger partial charge on any atom is -0.142 e. The molecular formula is C15H8BrCl2IS. The Morgan fingerprint density at radius 2 is 1.95 bits per heavy atom. The highest BCUT2D eigenvalue weighted by atomic mass is 127. The van der Waals surface area contributed by atoms with Gasteiger partial charge in [-0.15, -0.1) is 22.9 Å². The second kappa shape index (κ2) is 6.13. The Morgan fingerprint density at radius 3 is 2.75 bits per heavy atom. The van der Waals surface area contributed by atoms with Crippen molar-refractivity contribution < 1.29 is 0 Å². The third-order valence-corrected chi connectivity index (χ3v) is 6.74. The van der Waals surface area contributed by atoms with E-state index in [0.717, 1.165) is 19.2 Å². The van der Waals surface area contributed by atoms with Crippen LogP contribution in [0, 0.1) is 3.57 Å². The molecule has 0 nitrogen and oxygen atoms in total. The lowest BCUT2D eigenvalue weighted by molar-refractivity contribution is 1.15. The lowest BCUT2D eigenvalue weighted by Crippen LogP contribution is -1.95. The molecule has 0 aliphatic rings. The smallest absolute Gasteiger partial charge is 0.0860 e. The van der Waals surface area contributed by atoms with Crippen LogP contribution in [0.3, 0.4) is 0 Å². The van der Waals surface area contributed by atoms with Gasteiger partial charge >= 0.3 is 0 Å². The SMILES string of the molecule is Clc1ccc(I)c(C(Cl)c2csc3c(Br)cccc23)c1. The van der Waals surface area contributed by atoms with Crippen LogP contribution in [0.2, 0.25) is 5.02 Å². The van der Waals surface area contributed by atoms with E-state index in [1.807, 2.05) is 24.3 Å². The van der Waals surface area contributed by atoms with Gasteiger partial charge in [0, 0.05) is 17.8 Å². The molecule has 102 valence electrons. The Hall–Kier alpha value is 0.190. The van der Waals surface area contributed by atoms with Gasteiger partial charge in [-0.2, -0.15) is 0 Å². The normalized spacial score (nSPS) is 12.8. The topological polar surface area (TPSA) is 0 Å². The Kier molecular flexibility index (Phi) is 4.63. The van der Waals surface area contributed by atoms with Crippen molar-refractivity contribution in [1.29, 1.82) is 0 Å². The van der Waals surface area contributed by atoms with E-state index in [-0.39, 0.29) is 5.38 Å². The maximum Gasteiger partial charge on any atom is 0.0860 e. The molecule has 0 saturated carbocycles. The highest BCUT2D eigenvalue weighted by molar-refractivity contribution is 14.1. The first kappa shape index (κ1) is 15.1. The number of fused-ring (bicyclic) bond motifs is 1. The highest BCUT2D eigenvalue weighted by Crippen LogP contribution is 2.41. The molecule has 2 aromatic carbocycles. The van der Waals surface area contributed by atoms with E-state index < -0.39 is 0 Å². The molecular weight excluding hydrogens is 490 g/mol.